The fourth-order valence-corrected chi connectivity index (χ4v) is 2.66. The molecule has 1 aromatic rings. The van der Waals surface area contributed by atoms with Crippen LogP contribution in [0.1, 0.15) is 18.9 Å². The van der Waals surface area contributed by atoms with Gasteiger partial charge >= 0.3 is 0 Å². The fourth-order valence-electron chi connectivity index (χ4n) is 2.02. The number of rotatable bonds is 6. The van der Waals surface area contributed by atoms with E-state index in [4.69, 9.17) is 10.5 Å². The van der Waals surface area contributed by atoms with Crippen LogP contribution < -0.4 is 5.73 Å². The number of ether oxygens (including phenoxy) is 1. The van der Waals surface area contributed by atoms with Gasteiger partial charge in [0.25, 0.3) is 0 Å². The normalized spacial score (nSPS) is 18.7. The van der Waals surface area contributed by atoms with E-state index in [-0.39, 0.29) is 30.9 Å². The van der Waals surface area contributed by atoms with Crippen molar-refractivity contribution in [2.75, 3.05) is 32.0 Å². The largest absolute Gasteiger partial charge is 0.374 e. The minimum Gasteiger partial charge on any atom is -0.374 e. The van der Waals surface area contributed by atoms with E-state index < -0.39 is 0 Å². The van der Waals surface area contributed by atoms with Gasteiger partial charge in [0.05, 0.1) is 12.7 Å². The summed E-state index contributed by atoms with van der Waals surface area (Å²) in [6.07, 6.45) is 5.16. The number of nitrogens with two attached hydrogens (primary N) is 1. The van der Waals surface area contributed by atoms with E-state index in [2.05, 4.69) is 21.8 Å². The first-order valence-corrected chi connectivity index (χ1v) is 7.78. The summed E-state index contributed by atoms with van der Waals surface area (Å²) in [4.78, 5) is 11.1. The van der Waals surface area contributed by atoms with Gasteiger partial charge in [-0.1, -0.05) is 18.7 Å². The molecule has 0 bridgehead atoms. The first kappa shape index (κ1) is 20.9. The lowest BCUT2D eigenvalue weighted by molar-refractivity contribution is -0.0261. The van der Waals surface area contributed by atoms with E-state index in [9.17, 15) is 0 Å². The first-order valence-electron chi connectivity index (χ1n) is 6.79. The zero-order chi connectivity index (χ0) is 13.5. The molecule has 2 rings (SSSR count). The Morgan fingerprint density at radius 1 is 1.38 bits per heavy atom. The third-order valence-corrected chi connectivity index (χ3v) is 4.09. The number of morpholine rings is 1. The van der Waals surface area contributed by atoms with Crippen LogP contribution >= 0.6 is 36.6 Å². The van der Waals surface area contributed by atoms with E-state index >= 15 is 0 Å². The van der Waals surface area contributed by atoms with E-state index in [1.807, 2.05) is 12.4 Å². The second-order valence-electron chi connectivity index (χ2n) is 4.69. The van der Waals surface area contributed by atoms with Crippen molar-refractivity contribution in [1.29, 1.82) is 0 Å². The van der Waals surface area contributed by atoms with Crippen LogP contribution in [0.25, 0.3) is 0 Å². The average Bonchev–Trinajstić information content (AvgIpc) is 2.47. The lowest BCUT2D eigenvalue weighted by Gasteiger charge is -2.32. The van der Waals surface area contributed by atoms with Crippen LogP contribution in [0.3, 0.4) is 0 Å². The molecule has 0 aliphatic carbocycles. The van der Waals surface area contributed by atoms with Gasteiger partial charge in [-0.3, -0.25) is 4.90 Å². The highest BCUT2D eigenvalue weighted by Crippen LogP contribution is 2.14. The molecule has 1 saturated heterocycles. The van der Waals surface area contributed by atoms with Crippen molar-refractivity contribution in [3.05, 3.63) is 18.0 Å². The molecule has 1 aliphatic heterocycles. The molecule has 21 heavy (non-hydrogen) atoms. The minimum absolute atomic E-state index is 0. The number of halogens is 2. The maximum Gasteiger partial charge on any atom is 0.187 e. The predicted octanol–water partition coefficient (Wildman–Crippen LogP) is 1.98. The molecule has 8 heteroatoms. The van der Waals surface area contributed by atoms with E-state index in [1.165, 1.54) is 0 Å². The zero-order valence-electron chi connectivity index (χ0n) is 12.2. The van der Waals surface area contributed by atoms with Crippen LogP contribution in [0.5, 0.6) is 0 Å². The molecule has 2 N–H and O–H groups in total. The molecule has 1 atom stereocenters. The highest BCUT2D eigenvalue weighted by Gasteiger charge is 2.19. The van der Waals surface area contributed by atoms with Crippen molar-refractivity contribution in [1.82, 2.24) is 14.9 Å². The average molecular weight is 355 g/mol. The van der Waals surface area contributed by atoms with Gasteiger partial charge in [-0.15, -0.1) is 24.8 Å². The summed E-state index contributed by atoms with van der Waals surface area (Å²) < 4.78 is 5.56. The van der Waals surface area contributed by atoms with Gasteiger partial charge in [-0.2, -0.15) is 0 Å². The molecule has 1 aliphatic rings. The van der Waals surface area contributed by atoms with Crippen molar-refractivity contribution in [3.8, 4) is 0 Å². The van der Waals surface area contributed by atoms with Crippen molar-refractivity contribution >= 4 is 36.6 Å². The van der Waals surface area contributed by atoms with Gasteiger partial charge in [-0.25, -0.2) is 9.97 Å². The van der Waals surface area contributed by atoms with Gasteiger partial charge in [0.15, 0.2) is 5.16 Å². The molecular weight excluding hydrogens is 331 g/mol. The molecule has 0 radical (unpaired) electrons. The number of hydrogen-bond donors (Lipinski definition) is 1. The van der Waals surface area contributed by atoms with Gasteiger partial charge in [0, 0.05) is 49.9 Å². The van der Waals surface area contributed by atoms with Crippen LogP contribution in [0.15, 0.2) is 17.6 Å². The Morgan fingerprint density at radius 3 is 2.71 bits per heavy atom. The van der Waals surface area contributed by atoms with Crippen LogP contribution in [-0.4, -0.2) is 53.0 Å². The van der Waals surface area contributed by atoms with E-state index in [0.717, 1.165) is 49.1 Å². The summed E-state index contributed by atoms with van der Waals surface area (Å²) in [5.74, 6) is 1.07. The van der Waals surface area contributed by atoms with Crippen LogP contribution in [0, 0.1) is 0 Å². The molecule has 122 valence electrons. The van der Waals surface area contributed by atoms with E-state index in [0.29, 0.717) is 6.54 Å². The fraction of sp³-hybridized carbons (Fsp3) is 0.692. The van der Waals surface area contributed by atoms with Crippen molar-refractivity contribution < 1.29 is 4.74 Å². The van der Waals surface area contributed by atoms with Gasteiger partial charge in [0.1, 0.15) is 0 Å². The zero-order valence-corrected chi connectivity index (χ0v) is 14.7. The molecule has 0 saturated carbocycles. The molecule has 1 unspecified atom stereocenters. The number of thioether (sulfide) groups is 1. The third-order valence-electron chi connectivity index (χ3n) is 3.01. The quantitative estimate of drug-likeness (QED) is 0.622. The third kappa shape index (κ3) is 7.13. The smallest absolute Gasteiger partial charge is 0.187 e. The molecule has 5 nitrogen and oxygen atoms in total. The van der Waals surface area contributed by atoms with Crippen molar-refractivity contribution in [3.63, 3.8) is 0 Å². The topological polar surface area (TPSA) is 64.3 Å². The molecular formula is C13H24Cl2N4OS. The Morgan fingerprint density at radius 2 is 2.10 bits per heavy atom. The van der Waals surface area contributed by atoms with Crippen LogP contribution in [0.4, 0.5) is 0 Å². The minimum atomic E-state index is 0. The van der Waals surface area contributed by atoms with Crippen molar-refractivity contribution in [2.24, 2.45) is 5.73 Å². The SMILES string of the molecule is CCCSc1ncc(CN2CCOC(CN)C2)cn1.Cl.Cl. The lowest BCUT2D eigenvalue weighted by Crippen LogP contribution is -2.45. The van der Waals surface area contributed by atoms with Gasteiger partial charge in [-0.05, 0) is 6.42 Å². The van der Waals surface area contributed by atoms with Crippen molar-refractivity contribution in [2.45, 2.75) is 31.1 Å². The molecule has 0 spiro atoms. The standard InChI is InChI=1S/C13H22N4OS.2ClH/c1-2-5-19-13-15-7-11(8-16-13)9-17-3-4-18-12(6-14)10-17;;/h7-8,12H,2-6,9-10,14H2,1H3;2*1H. The Bertz CT molecular complexity index is 383. The summed E-state index contributed by atoms with van der Waals surface area (Å²) >= 11 is 1.71. The summed E-state index contributed by atoms with van der Waals surface area (Å²) in [7, 11) is 0. The highest BCUT2D eigenvalue weighted by molar-refractivity contribution is 7.99. The first-order chi connectivity index (χ1) is 9.31. The Labute approximate surface area is 143 Å². The maximum atomic E-state index is 5.65. The van der Waals surface area contributed by atoms with Crippen LogP contribution in [0.2, 0.25) is 0 Å². The predicted molar refractivity (Wildman–Crippen MR) is 91.6 cm³/mol. The summed E-state index contributed by atoms with van der Waals surface area (Å²) in [5, 5.41) is 0.868. The second-order valence-corrected chi connectivity index (χ2v) is 5.75. The summed E-state index contributed by atoms with van der Waals surface area (Å²) in [6.45, 7) is 6.21. The number of aromatic nitrogens is 2. The van der Waals surface area contributed by atoms with Gasteiger partial charge < -0.3 is 10.5 Å². The lowest BCUT2D eigenvalue weighted by atomic mass is 10.2. The molecule has 1 aromatic heterocycles. The number of hydrogen-bond acceptors (Lipinski definition) is 6. The Hall–Kier alpha value is -0.110. The second kappa shape index (κ2) is 11.5. The monoisotopic (exact) mass is 354 g/mol. The summed E-state index contributed by atoms with van der Waals surface area (Å²) in [5.41, 5.74) is 6.80. The maximum absolute atomic E-state index is 5.65. The Kier molecular flexibility index (Phi) is 11.4. The molecule has 0 amide bonds. The van der Waals surface area contributed by atoms with Gasteiger partial charge in [0.2, 0.25) is 0 Å². The highest BCUT2D eigenvalue weighted by atomic mass is 35.5. The number of nitrogens with zero attached hydrogens (tertiary/aromatic N) is 3. The Balaban J connectivity index is 0.00000200. The van der Waals surface area contributed by atoms with E-state index in [1.54, 1.807) is 11.8 Å². The molecule has 1 fully saturated rings. The molecule has 2 heterocycles. The molecule has 0 aromatic carbocycles. The summed E-state index contributed by atoms with van der Waals surface area (Å²) in [6, 6.07) is 0. The van der Waals surface area contributed by atoms with Crippen LogP contribution in [-0.2, 0) is 11.3 Å².